The van der Waals surface area contributed by atoms with Crippen LogP contribution in [0.4, 0.5) is 0 Å². The third kappa shape index (κ3) is 3.33. The maximum absolute atomic E-state index is 13.3. The summed E-state index contributed by atoms with van der Waals surface area (Å²) in [5.41, 5.74) is 2.09. The van der Waals surface area contributed by atoms with Gasteiger partial charge in [-0.3, -0.25) is 4.79 Å². The number of aromatic nitrogens is 4. The Morgan fingerprint density at radius 3 is 2.35 bits per heavy atom. The molecular formula is C24H22N4O9. The zero-order valence-corrected chi connectivity index (χ0v) is 20.0. The van der Waals surface area contributed by atoms with Gasteiger partial charge in [0.15, 0.2) is 23.0 Å². The van der Waals surface area contributed by atoms with Gasteiger partial charge in [-0.15, -0.1) is 5.10 Å². The molecule has 0 saturated carbocycles. The Balaban J connectivity index is 1.62. The van der Waals surface area contributed by atoms with Gasteiger partial charge in [0.05, 0.1) is 39.9 Å². The van der Waals surface area contributed by atoms with Crippen LogP contribution in [0.1, 0.15) is 39.3 Å². The largest absolute Gasteiger partial charge is 0.502 e. The fraction of sp³-hybridized carbons (Fsp3) is 0.375. The molecule has 0 radical (unpaired) electrons. The van der Waals surface area contributed by atoms with Gasteiger partial charge < -0.3 is 33.5 Å². The van der Waals surface area contributed by atoms with E-state index in [9.17, 15) is 14.7 Å². The molecular weight excluding hydrogens is 488 g/mol. The number of benzene rings is 2. The average Bonchev–Trinajstić information content (AvgIpc) is 3.66. The van der Waals surface area contributed by atoms with E-state index in [4.69, 9.17) is 28.4 Å². The fourth-order valence-corrected chi connectivity index (χ4v) is 5.55. The van der Waals surface area contributed by atoms with Gasteiger partial charge in [-0.2, -0.15) is 0 Å². The summed E-state index contributed by atoms with van der Waals surface area (Å²) in [5, 5.41) is 22.1. The van der Waals surface area contributed by atoms with Gasteiger partial charge in [0, 0.05) is 11.8 Å². The van der Waals surface area contributed by atoms with E-state index in [-0.39, 0.29) is 36.5 Å². The number of carbonyl (C=O) groups is 2. The first kappa shape index (κ1) is 22.9. The summed E-state index contributed by atoms with van der Waals surface area (Å²) in [6.45, 7) is 0.118. The predicted molar refractivity (Wildman–Crippen MR) is 121 cm³/mol. The molecule has 4 atom stereocenters. The molecule has 0 amide bonds. The van der Waals surface area contributed by atoms with E-state index >= 15 is 0 Å². The minimum absolute atomic E-state index is 0.0433. The molecule has 192 valence electrons. The summed E-state index contributed by atoms with van der Waals surface area (Å²) in [5.74, 6) is -1.68. The molecule has 3 aromatic rings. The van der Waals surface area contributed by atoms with Gasteiger partial charge in [-0.1, -0.05) is 0 Å². The van der Waals surface area contributed by atoms with Gasteiger partial charge in [0.2, 0.25) is 12.5 Å². The van der Waals surface area contributed by atoms with Crippen LogP contribution in [-0.2, 0) is 14.3 Å². The monoisotopic (exact) mass is 510 g/mol. The maximum Gasteiger partial charge on any atom is 0.377 e. The second kappa shape index (κ2) is 8.54. The van der Waals surface area contributed by atoms with E-state index in [1.807, 2.05) is 12.1 Å². The number of fused-ring (bicyclic) bond motifs is 3. The lowest BCUT2D eigenvalue weighted by Crippen LogP contribution is -2.39. The molecule has 0 unspecified atom stereocenters. The molecule has 3 aliphatic rings. The van der Waals surface area contributed by atoms with Crippen LogP contribution in [0, 0.1) is 11.8 Å². The fourth-order valence-electron chi connectivity index (χ4n) is 5.55. The highest BCUT2D eigenvalue weighted by Crippen LogP contribution is 2.56. The molecule has 2 aromatic carbocycles. The molecule has 13 heteroatoms. The van der Waals surface area contributed by atoms with Crippen LogP contribution < -0.4 is 18.9 Å². The molecule has 6 rings (SSSR count). The first-order valence-corrected chi connectivity index (χ1v) is 11.4. The van der Waals surface area contributed by atoms with Crippen LogP contribution in [0.15, 0.2) is 24.3 Å². The Bertz CT molecular complexity index is 1400. The molecule has 3 heterocycles. The Morgan fingerprint density at radius 1 is 1.03 bits per heavy atom. The van der Waals surface area contributed by atoms with Crippen molar-refractivity contribution in [2.24, 2.45) is 11.8 Å². The van der Waals surface area contributed by atoms with E-state index in [1.165, 1.54) is 26.0 Å². The van der Waals surface area contributed by atoms with E-state index in [0.29, 0.717) is 17.1 Å². The van der Waals surface area contributed by atoms with E-state index < -0.39 is 35.7 Å². The van der Waals surface area contributed by atoms with Crippen molar-refractivity contribution in [3.05, 3.63) is 46.8 Å². The van der Waals surface area contributed by atoms with Crippen LogP contribution in [-0.4, -0.2) is 72.0 Å². The maximum atomic E-state index is 13.3. The minimum Gasteiger partial charge on any atom is -0.502 e. The van der Waals surface area contributed by atoms with Crippen molar-refractivity contribution < 1.29 is 43.1 Å². The number of esters is 2. The highest BCUT2D eigenvalue weighted by atomic mass is 16.7. The standard InChI is InChI=1S/C24H22N4O9/c1-32-16-4-10(5-17(33-2)21(16)29)18-11-6-14-15(37-9-36-14)7-12(11)20(13-8-35-23(30)19(13)18)28-22(24(31)34-3)25-26-27-28/h4-7,13,18-20,29H,8-9H2,1-3H3/t13-,18+,19-,20+/m0/s1. The van der Waals surface area contributed by atoms with Crippen molar-refractivity contribution in [1.29, 1.82) is 0 Å². The van der Waals surface area contributed by atoms with E-state index in [0.717, 1.165) is 11.1 Å². The van der Waals surface area contributed by atoms with Gasteiger partial charge in [-0.05, 0) is 51.4 Å². The van der Waals surface area contributed by atoms with Gasteiger partial charge in [0.1, 0.15) is 0 Å². The summed E-state index contributed by atoms with van der Waals surface area (Å²) in [7, 11) is 4.10. The second-order valence-electron chi connectivity index (χ2n) is 8.79. The van der Waals surface area contributed by atoms with Crippen LogP contribution in [0.2, 0.25) is 0 Å². The number of ether oxygens (including phenoxy) is 6. The number of nitrogens with zero attached hydrogens (tertiary/aromatic N) is 4. The van der Waals surface area contributed by atoms with Crippen LogP contribution in [0.25, 0.3) is 0 Å². The Labute approximate surface area is 209 Å². The van der Waals surface area contributed by atoms with E-state index in [2.05, 4.69) is 15.5 Å². The number of phenols is 1. The lowest BCUT2D eigenvalue weighted by atomic mass is 9.65. The minimum atomic E-state index is -0.718. The predicted octanol–water partition coefficient (Wildman–Crippen LogP) is 1.44. The number of rotatable bonds is 5. The van der Waals surface area contributed by atoms with Crippen molar-refractivity contribution >= 4 is 11.9 Å². The first-order chi connectivity index (χ1) is 18.0. The molecule has 37 heavy (non-hydrogen) atoms. The number of aromatic hydroxyl groups is 1. The highest BCUT2D eigenvalue weighted by Gasteiger charge is 2.54. The number of tetrazole rings is 1. The molecule has 1 aliphatic carbocycles. The summed E-state index contributed by atoms with van der Waals surface area (Å²) in [6, 6.07) is 6.30. The normalized spacial score (nSPS) is 23.2. The Morgan fingerprint density at radius 2 is 1.70 bits per heavy atom. The Kier molecular flexibility index (Phi) is 5.28. The summed E-state index contributed by atoms with van der Waals surface area (Å²) in [6.07, 6.45) is 0. The third-order valence-corrected chi connectivity index (χ3v) is 7.13. The van der Waals surface area contributed by atoms with Crippen LogP contribution in [0.3, 0.4) is 0 Å². The van der Waals surface area contributed by atoms with Crippen LogP contribution in [0.5, 0.6) is 28.7 Å². The third-order valence-electron chi connectivity index (χ3n) is 7.13. The number of phenolic OH excluding ortho intramolecular Hbond substituents is 1. The SMILES string of the molecule is COC(=O)c1nnnn1[C@@H]1c2cc3c(cc2[C@@H](c2cc(OC)c(O)c(OC)c2)[C@H]2C(=O)OC[C@@H]21)OCO3. The Hall–Kier alpha value is -4.55. The number of cyclic esters (lactones) is 1. The average molecular weight is 510 g/mol. The number of carbonyl (C=O) groups excluding carboxylic acids is 2. The van der Waals surface area contributed by atoms with Gasteiger partial charge in [-0.25, -0.2) is 9.48 Å². The van der Waals surface area contributed by atoms with Crippen molar-refractivity contribution in [2.45, 2.75) is 12.0 Å². The molecule has 13 nitrogen and oxygen atoms in total. The number of methoxy groups -OCH3 is 3. The van der Waals surface area contributed by atoms with Crippen LogP contribution >= 0.6 is 0 Å². The summed E-state index contributed by atoms with van der Waals surface area (Å²) < 4.78 is 33.9. The number of hydrogen-bond acceptors (Lipinski definition) is 12. The zero-order valence-electron chi connectivity index (χ0n) is 20.0. The lowest BCUT2D eigenvalue weighted by Gasteiger charge is -2.39. The summed E-state index contributed by atoms with van der Waals surface area (Å²) in [4.78, 5) is 25.7. The first-order valence-electron chi connectivity index (χ1n) is 11.4. The molecule has 1 aromatic heterocycles. The van der Waals surface area contributed by atoms with Crippen molar-refractivity contribution in [2.75, 3.05) is 34.7 Å². The molecule has 2 aliphatic heterocycles. The summed E-state index contributed by atoms with van der Waals surface area (Å²) >= 11 is 0. The van der Waals surface area contributed by atoms with Crippen molar-refractivity contribution in [1.82, 2.24) is 20.2 Å². The molecule has 0 spiro atoms. The zero-order chi connectivity index (χ0) is 25.8. The lowest BCUT2D eigenvalue weighted by molar-refractivity contribution is -0.141. The smallest absolute Gasteiger partial charge is 0.377 e. The molecule has 1 fully saturated rings. The quantitative estimate of drug-likeness (QED) is 0.494. The van der Waals surface area contributed by atoms with E-state index in [1.54, 1.807) is 12.1 Å². The highest BCUT2D eigenvalue weighted by molar-refractivity contribution is 5.85. The van der Waals surface area contributed by atoms with Gasteiger partial charge in [0.25, 0.3) is 5.82 Å². The molecule has 1 N–H and O–H groups in total. The number of hydrogen-bond donors (Lipinski definition) is 1. The van der Waals surface area contributed by atoms with Crippen molar-refractivity contribution in [3.8, 4) is 28.7 Å². The van der Waals surface area contributed by atoms with Crippen molar-refractivity contribution in [3.63, 3.8) is 0 Å². The second-order valence-corrected chi connectivity index (χ2v) is 8.79. The topological polar surface area (TPSA) is 153 Å². The molecule has 0 bridgehead atoms. The molecule has 1 saturated heterocycles. The van der Waals surface area contributed by atoms with Gasteiger partial charge >= 0.3 is 11.9 Å².